The third-order valence-electron chi connectivity index (χ3n) is 2.56. The van der Waals surface area contributed by atoms with Gasteiger partial charge < -0.3 is 9.64 Å². The van der Waals surface area contributed by atoms with Gasteiger partial charge in [-0.1, -0.05) is 0 Å². The highest BCUT2D eigenvalue weighted by molar-refractivity contribution is 7.81. The first-order chi connectivity index (χ1) is 8.76. The molecular formula is C11H9F4NO2S. The Morgan fingerprint density at radius 2 is 2.05 bits per heavy atom. The Kier molecular flexibility index (Phi) is 3.62. The molecule has 0 aliphatic carbocycles. The number of benzene rings is 1. The molecule has 8 heteroatoms. The van der Waals surface area contributed by atoms with Crippen LogP contribution < -0.4 is 9.64 Å². The fourth-order valence-corrected chi connectivity index (χ4v) is 2.12. The Hall–Kier alpha value is -1.44. The lowest BCUT2D eigenvalue weighted by Gasteiger charge is -2.17. The van der Waals surface area contributed by atoms with Crippen molar-refractivity contribution < 1.29 is 27.1 Å². The first-order valence-corrected chi connectivity index (χ1v) is 5.81. The van der Waals surface area contributed by atoms with E-state index >= 15 is 0 Å². The van der Waals surface area contributed by atoms with Crippen molar-refractivity contribution in [1.82, 2.24) is 0 Å². The normalized spacial score (nSPS) is 19.9. The molecule has 104 valence electrons. The van der Waals surface area contributed by atoms with Gasteiger partial charge in [0.25, 0.3) is 0 Å². The van der Waals surface area contributed by atoms with Crippen LogP contribution in [0.3, 0.4) is 0 Å². The molecule has 1 fully saturated rings. The van der Waals surface area contributed by atoms with Crippen molar-refractivity contribution in [2.45, 2.75) is 18.0 Å². The fraction of sp³-hybridized carbons (Fsp3) is 0.364. The average molecular weight is 295 g/mol. The van der Waals surface area contributed by atoms with Crippen LogP contribution in [0.1, 0.15) is 6.42 Å². The van der Waals surface area contributed by atoms with Gasteiger partial charge >= 0.3 is 6.36 Å². The predicted molar refractivity (Wildman–Crippen MR) is 62.8 cm³/mol. The van der Waals surface area contributed by atoms with Gasteiger partial charge in [0, 0.05) is 30.0 Å². The molecule has 0 saturated carbocycles. The van der Waals surface area contributed by atoms with Gasteiger partial charge in [-0.2, -0.15) is 12.6 Å². The van der Waals surface area contributed by atoms with E-state index in [2.05, 4.69) is 17.4 Å². The van der Waals surface area contributed by atoms with Crippen molar-refractivity contribution in [3.8, 4) is 5.75 Å². The summed E-state index contributed by atoms with van der Waals surface area (Å²) in [5.41, 5.74) is 0.188. The molecule has 0 radical (unpaired) electrons. The van der Waals surface area contributed by atoms with Crippen molar-refractivity contribution in [2.75, 3.05) is 11.4 Å². The lowest BCUT2D eigenvalue weighted by molar-refractivity contribution is -0.275. The van der Waals surface area contributed by atoms with E-state index in [4.69, 9.17) is 0 Å². The maximum absolute atomic E-state index is 13.5. The monoisotopic (exact) mass is 295 g/mol. The van der Waals surface area contributed by atoms with Gasteiger partial charge in [-0.15, -0.1) is 13.2 Å². The molecule has 2 rings (SSSR count). The number of hydrogen-bond acceptors (Lipinski definition) is 3. The van der Waals surface area contributed by atoms with Crippen molar-refractivity contribution >= 4 is 24.2 Å². The maximum Gasteiger partial charge on any atom is 0.573 e. The molecule has 1 aliphatic rings. The van der Waals surface area contributed by atoms with Crippen molar-refractivity contribution in [3.05, 3.63) is 24.0 Å². The summed E-state index contributed by atoms with van der Waals surface area (Å²) in [6.07, 6.45) is -4.74. The fourth-order valence-electron chi connectivity index (χ4n) is 1.80. The smallest absolute Gasteiger partial charge is 0.403 e. The molecule has 1 amide bonds. The zero-order valence-electron chi connectivity index (χ0n) is 9.45. The quantitative estimate of drug-likeness (QED) is 0.671. The third-order valence-corrected chi connectivity index (χ3v) is 2.90. The van der Waals surface area contributed by atoms with E-state index in [0.29, 0.717) is 6.54 Å². The van der Waals surface area contributed by atoms with Crippen LogP contribution >= 0.6 is 12.6 Å². The highest BCUT2D eigenvalue weighted by atomic mass is 32.1. The summed E-state index contributed by atoms with van der Waals surface area (Å²) in [7, 11) is 0. The van der Waals surface area contributed by atoms with E-state index in [9.17, 15) is 22.4 Å². The Bertz CT molecular complexity index is 506. The van der Waals surface area contributed by atoms with Gasteiger partial charge in [0.1, 0.15) is 0 Å². The van der Waals surface area contributed by atoms with Crippen LogP contribution in [-0.2, 0) is 4.79 Å². The van der Waals surface area contributed by atoms with Gasteiger partial charge in [0.15, 0.2) is 11.6 Å². The number of hydrogen-bond donors (Lipinski definition) is 1. The number of halogens is 4. The number of alkyl halides is 3. The van der Waals surface area contributed by atoms with Crippen molar-refractivity contribution in [1.29, 1.82) is 0 Å². The van der Waals surface area contributed by atoms with Crippen molar-refractivity contribution in [3.63, 3.8) is 0 Å². The van der Waals surface area contributed by atoms with E-state index in [1.165, 1.54) is 11.0 Å². The topological polar surface area (TPSA) is 29.5 Å². The summed E-state index contributed by atoms with van der Waals surface area (Å²) in [6.45, 7) is 0.293. The highest BCUT2D eigenvalue weighted by Crippen LogP contribution is 2.30. The molecule has 0 spiro atoms. The first kappa shape index (κ1) is 14.0. The van der Waals surface area contributed by atoms with Crippen LogP contribution in [0.15, 0.2) is 18.2 Å². The summed E-state index contributed by atoms with van der Waals surface area (Å²) >= 11 is 4.13. The Labute approximate surface area is 111 Å². The second kappa shape index (κ2) is 4.92. The van der Waals surface area contributed by atoms with E-state index in [1.807, 2.05) is 0 Å². The summed E-state index contributed by atoms with van der Waals surface area (Å²) in [5, 5.41) is -0.165. The molecular weight excluding hydrogens is 286 g/mol. The zero-order valence-corrected chi connectivity index (χ0v) is 10.3. The van der Waals surface area contributed by atoms with Gasteiger partial charge in [-0.25, -0.2) is 4.39 Å². The third kappa shape index (κ3) is 3.31. The molecule has 1 saturated heterocycles. The molecule has 3 nitrogen and oxygen atoms in total. The maximum atomic E-state index is 13.5. The Morgan fingerprint density at radius 3 is 2.53 bits per heavy atom. The van der Waals surface area contributed by atoms with Crippen LogP contribution in [0.5, 0.6) is 5.75 Å². The number of amides is 1. The number of thiol groups is 1. The number of carbonyl (C=O) groups is 1. The molecule has 1 aromatic carbocycles. The zero-order chi connectivity index (χ0) is 14.2. The SMILES string of the molecule is O=C1CC(S)CN1c1ccc(OC(F)(F)F)c(F)c1. The molecule has 1 unspecified atom stereocenters. The number of nitrogens with zero attached hydrogens (tertiary/aromatic N) is 1. The second-order valence-corrected chi connectivity index (χ2v) is 4.76. The minimum Gasteiger partial charge on any atom is -0.403 e. The molecule has 1 aromatic rings. The molecule has 0 aromatic heterocycles. The number of ether oxygens (including phenoxy) is 1. The minimum atomic E-state index is -4.96. The molecule has 0 N–H and O–H groups in total. The average Bonchev–Trinajstić information content (AvgIpc) is 2.59. The summed E-state index contributed by atoms with van der Waals surface area (Å²) in [5.74, 6) is -2.35. The van der Waals surface area contributed by atoms with Crippen LogP contribution in [0.25, 0.3) is 0 Å². The standard InChI is InChI=1S/C11H9F4NO2S/c12-8-3-6(16-5-7(19)4-10(16)17)1-2-9(8)18-11(13,14)15/h1-3,7,19H,4-5H2. The molecule has 19 heavy (non-hydrogen) atoms. The lowest BCUT2D eigenvalue weighted by Crippen LogP contribution is -2.25. The summed E-state index contributed by atoms with van der Waals surface area (Å²) < 4.78 is 52.9. The van der Waals surface area contributed by atoms with Crippen LogP contribution in [-0.4, -0.2) is 24.1 Å². The first-order valence-electron chi connectivity index (χ1n) is 5.30. The molecule has 1 aliphatic heterocycles. The van der Waals surface area contributed by atoms with E-state index in [0.717, 1.165) is 12.1 Å². The lowest BCUT2D eigenvalue weighted by atomic mass is 10.2. The Morgan fingerprint density at radius 1 is 1.37 bits per heavy atom. The molecule has 1 atom stereocenters. The Balaban J connectivity index is 2.22. The minimum absolute atomic E-state index is 0.165. The van der Waals surface area contributed by atoms with Crippen LogP contribution in [0, 0.1) is 5.82 Å². The highest BCUT2D eigenvalue weighted by Gasteiger charge is 2.33. The second-order valence-electron chi connectivity index (χ2n) is 4.02. The van der Waals surface area contributed by atoms with Crippen LogP contribution in [0.2, 0.25) is 0 Å². The predicted octanol–water partition coefficient (Wildman–Crippen LogP) is 2.76. The van der Waals surface area contributed by atoms with E-state index in [1.54, 1.807) is 0 Å². The summed E-state index contributed by atoms with van der Waals surface area (Å²) in [4.78, 5) is 12.8. The number of carbonyl (C=O) groups excluding carboxylic acids is 1. The molecule has 0 bridgehead atoms. The van der Waals surface area contributed by atoms with Gasteiger partial charge in [-0.3, -0.25) is 4.79 Å². The number of rotatable bonds is 2. The largest absolute Gasteiger partial charge is 0.573 e. The van der Waals surface area contributed by atoms with Crippen molar-refractivity contribution in [2.24, 2.45) is 0 Å². The van der Waals surface area contributed by atoms with E-state index in [-0.39, 0.29) is 23.3 Å². The number of anilines is 1. The summed E-state index contributed by atoms with van der Waals surface area (Å²) in [6, 6.07) is 2.88. The van der Waals surface area contributed by atoms with E-state index < -0.39 is 17.9 Å². The van der Waals surface area contributed by atoms with Gasteiger partial charge in [0.2, 0.25) is 5.91 Å². The van der Waals surface area contributed by atoms with Gasteiger partial charge in [0.05, 0.1) is 0 Å². The molecule has 1 heterocycles. The van der Waals surface area contributed by atoms with Gasteiger partial charge in [-0.05, 0) is 12.1 Å². The van der Waals surface area contributed by atoms with Crippen LogP contribution in [0.4, 0.5) is 23.2 Å².